The molecule has 0 saturated heterocycles. The lowest BCUT2D eigenvalue weighted by Gasteiger charge is -2.36. The van der Waals surface area contributed by atoms with Crippen LogP contribution < -0.4 is 0 Å². The van der Waals surface area contributed by atoms with Gasteiger partial charge in [-0.05, 0) is 55.7 Å². The second-order valence-electron chi connectivity index (χ2n) is 6.45. The normalized spacial score (nSPS) is 16.4. The Morgan fingerprint density at radius 2 is 1.92 bits per heavy atom. The Bertz CT molecular complexity index is 816. The number of benzene rings is 2. The number of fused-ring (bicyclic) bond motifs is 1. The van der Waals surface area contributed by atoms with Crippen LogP contribution in [0.4, 0.5) is 0 Å². The summed E-state index contributed by atoms with van der Waals surface area (Å²) in [6.45, 7) is 4.31. The van der Waals surface area contributed by atoms with E-state index in [2.05, 4.69) is 6.07 Å². The van der Waals surface area contributed by atoms with E-state index in [1.54, 1.807) is 11.0 Å². The Labute approximate surface area is 142 Å². The van der Waals surface area contributed by atoms with Crippen LogP contribution in [0.5, 0.6) is 0 Å². The SMILES string of the molecule is Cc1cc(C)cc(C(=O)N2Cc3ccc(C#N)cc3CC2CO)c1. The first-order valence-corrected chi connectivity index (χ1v) is 8.04. The molecule has 0 saturated carbocycles. The van der Waals surface area contributed by atoms with Gasteiger partial charge in [0.1, 0.15) is 0 Å². The fourth-order valence-corrected chi connectivity index (χ4v) is 3.38. The number of rotatable bonds is 2. The topological polar surface area (TPSA) is 64.3 Å². The Morgan fingerprint density at radius 1 is 1.21 bits per heavy atom. The molecule has 1 N–H and O–H groups in total. The monoisotopic (exact) mass is 320 g/mol. The van der Waals surface area contributed by atoms with Crippen molar-refractivity contribution >= 4 is 5.91 Å². The molecular formula is C20H20N2O2. The van der Waals surface area contributed by atoms with Gasteiger partial charge in [-0.2, -0.15) is 5.26 Å². The van der Waals surface area contributed by atoms with Gasteiger partial charge < -0.3 is 10.0 Å². The molecule has 1 aliphatic heterocycles. The van der Waals surface area contributed by atoms with Crippen LogP contribution in [-0.2, 0) is 13.0 Å². The van der Waals surface area contributed by atoms with E-state index < -0.39 is 0 Å². The average Bonchev–Trinajstić information content (AvgIpc) is 2.58. The van der Waals surface area contributed by atoms with Gasteiger partial charge in [-0.1, -0.05) is 23.3 Å². The number of aryl methyl sites for hydroxylation is 2. The molecule has 1 heterocycles. The number of aliphatic hydroxyl groups excluding tert-OH is 1. The highest BCUT2D eigenvalue weighted by molar-refractivity contribution is 5.95. The average molecular weight is 320 g/mol. The fourth-order valence-electron chi connectivity index (χ4n) is 3.38. The predicted molar refractivity (Wildman–Crippen MR) is 91.5 cm³/mol. The van der Waals surface area contributed by atoms with Gasteiger partial charge in [0.15, 0.2) is 0 Å². The molecule has 1 aliphatic rings. The molecule has 4 nitrogen and oxygen atoms in total. The van der Waals surface area contributed by atoms with E-state index in [1.807, 2.05) is 44.2 Å². The van der Waals surface area contributed by atoms with Crippen LogP contribution in [-0.4, -0.2) is 28.6 Å². The third-order valence-corrected chi connectivity index (χ3v) is 4.51. The summed E-state index contributed by atoms with van der Waals surface area (Å²) in [7, 11) is 0. The fraction of sp³-hybridized carbons (Fsp3) is 0.300. The van der Waals surface area contributed by atoms with Crippen molar-refractivity contribution < 1.29 is 9.90 Å². The van der Waals surface area contributed by atoms with Crippen molar-refractivity contribution in [2.75, 3.05) is 6.61 Å². The number of amides is 1. The lowest BCUT2D eigenvalue weighted by atomic mass is 9.92. The summed E-state index contributed by atoms with van der Waals surface area (Å²) in [6.07, 6.45) is 0.567. The molecule has 0 aromatic heterocycles. The van der Waals surface area contributed by atoms with E-state index in [4.69, 9.17) is 5.26 Å². The highest BCUT2D eigenvalue weighted by Gasteiger charge is 2.30. The Hall–Kier alpha value is -2.64. The molecule has 3 rings (SSSR count). The van der Waals surface area contributed by atoms with E-state index in [9.17, 15) is 9.90 Å². The van der Waals surface area contributed by atoms with E-state index in [-0.39, 0.29) is 18.6 Å². The maximum Gasteiger partial charge on any atom is 0.254 e. The minimum atomic E-state index is -0.264. The molecule has 0 spiro atoms. The molecule has 2 aromatic rings. The van der Waals surface area contributed by atoms with Crippen molar-refractivity contribution in [2.45, 2.75) is 32.9 Å². The van der Waals surface area contributed by atoms with E-state index in [0.29, 0.717) is 24.1 Å². The number of nitriles is 1. The summed E-state index contributed by atoms with van der Waals surface area (Å²) in [5, 5.41) is 18.8. The van der Waals surface area contributed by atoms with Crippen molar-refractivity contribution in [1.29, 1.82) is 5.26 Å². The summed E-state index contributed by atoms with van der Waals surface area (Å²) >= 11 is 0. The number of hydrogen-bond donors (Lipinski definition) is 1. The minimum absolute atomic E-state index is 0.0594. The summed E-state index contributed by atoms with van der Waals surface area (Å²) < 4.78 is 0. The van der Waals surface area contributed by atoms with Gasteiger partial charge in [-0.3, -0.25) is 4.79 Å². The predicted octanol–water partition coefficient (Wildman–Crippen LogP) is 2.73. The van der Waals surface area contributed by atoms with Gasteiger partial charge in [0.25, 0.3) is 5.91 Å². The van der Waals surface area contributed by atoms with Crippen LogP contribution >= 0.6 is 0 Å². The molecule has 4 heteroatoms. The summed E-state index contributed by atoms with van der Waals surface area (Å²) in [6, 6.07) is 13.2. The minimum Gasteiger partial charge on any atom is -0.394 e. The summed E-state index contributed by atoms with van der Waals surface area (Å²) in [4.78, 5) is 14.7. The molecule has 122 valence electrons. The first kappa shape index (κ1) is 16.2. The third kappa shape index (κ3) is 3.04. The maximum atomic E-state index is 13.0. The first-order chi connectivity index (χ1) is 11.5. The van der Waals surface area contributed by atoms with Crippen LogP contribution in [0.15, 0.2) is 36.4 Å². The third-order valence-electron chi connectivity index (χ3n) is 4.51. The van der Waals surface area contributed by atoms with Gasteiger partial charge in [0.2, 0.25) is 0 Å². The molecule has 24 heavy (non-hydrogen) atoms. The number of aliphatic hydroxyl groups is 1. The highest BCUT2D eigenvalue weighted by Crippen LogP contribution is 2.26. The molecule has 0 fully saturated rings. The molecule has 1 unspecified atom stereocenters. The van der Waals surface area contributed by atoms with Gasteiger partial charge in [-0.25, -0.2) is 0 Å². The summed E-state index contributed by atoms with van der Waals surface area (Å²) in [5.74, 6) is -0.0594. The molecule has 0 bridgehead atoms. The molecular weight excluding hydrogens is 300 g/mol. The van der Waals surface area contributed by atoms with Crippen molar-refractivity contribution in [2.24, 2.45) is 0 Å². The van der Waals surface area contributed by atoms with Crippen molar-refractivity contribution in [3.8, 4) is 6.07 Å². The van der Waals surface area contributed by atoms with Crippen LogP contribution in [0.3, 0.4) is 0 Å². The number of hydrogen-bond acceptors (Lipinski definition) is 3. The quantitative estimate of drug-likeness (QED) is 0.925. The van der Waals surface area contributed by atoms with Crippen LogP contribution in [0.2, 0.25) is 0 Å². The lowest BCUT2D eigenvalue weighted by molar-refractivity contribution is 0.0544. The van der Waals surface area contributed by atoms with E-state index in [0.717, 1.165) is 22.3 Å². The first-order valence-electron chi connectivity index (χ1n) is 8.04. The smallest absolute Gasteiger partial charge is 0.254 e. The maximum absolute atomic E-state index is 13.0. The lowest BCUT2D eigenvalue weighted by Crippen LogP contribution is -2.46. The molecule has 1 atom stereocenters. The largest absolute Gasteiger partial charge is 0.394 e. The molecule has 1 amide bonds. The number of carbonyl (C=O) groups excluding carboxylic acids is 1. The van der Waals surface area contributed by atoms with Crippen molar-refractivity contribution in [3.05, 3.63) is 69.8 Å². The second kappa shape index (κ2) is 6.46. The highest BCUT2D eigenvalue weighted by atomic mass is 16.3. The number of nitrogens with zero attached hydrogens (tertiary/aromatic N) is 2. The van der Waals surface area contributed by atoms with Crippen molar-refractivity contribution in [3.63, 3.8) is 0 Å². The standard InChI is InChI=1S/C20H20N2O2/c1-13-5-14(2)7-18(6-13)20(24)22-11-16-4-3-15(10-21)8-17(16)9-19(22)12-23/h3-8,19,23H,9,11-12H2,1-2H3. The Balaban J connectivity index is 1.95. The molecule has 0 radical (unpaired) electrons. The van der Waals surface area contributed by atoms with Gasteiger partial charge in [0.05, 0.1) is 24.3 Å². The van der Waals surface area contributed by atoms with Gasteiger partial charge in [0, 0.05) is 12.1 Å². The Kier molecular flexibility index (Phi) is 4.37. The number of carbonyl (C=O) groups is 1. The van der Waals surface area contributed by atoms with E-state index >= 15 is 0 Å². The van der Waals surface area contributed by atoms with Gasteiger partial charge in [-0.15, -0.1) is 0 Å². The zero-order valence-corrected chi connectivity index (χ0v) is 13.9. The van der Waals surface area contributed by atoms with Gasteiger partial charge >= 0.3 is 0 Å². The molecule has 2 aromatic carbocycles. The van der Waals surface area contributed by atoms with Crippen LogP contribution in [0, 0.1) is 25.2 Å². The second-order valence-corrected chi connectivity index (χ2v) is 6.45. The van der Waals surface area contributed by atoms with Crippen LogP contribution in [0.25, 0.3) is 0 Å². The van der Waals surface area contributed by atoms with E-state index in [1.165, 1.54) is 0 Å². The zero-order valence-electron chi connectivity index (χ0n) is 13.9. The molecule has 0 aliphatic carbocycles. The summed E-state index contributed by atoms with van der Waals surface area (Å²) in [5.41, 5.74) is 5.45. The van der Waals surface area contributed by atoms with Crippen LogP contribution in [0.1, 0.15) is 38.2 Å². The zero-order chi connectivity index (χ0) is 17.3. The Morgan fingerprint density at radius 3 is 2.54 bits per heavy atom. The van der Waals surface area contributed by atoms with Crippen molar-refractivity contribution in [1.82, 2.24) is 4.90 Å².